The highest BCUT2D eigenvalue weighted by molar-refractivity contribution is 7.18. The lowest BCUT2D eigenvalue weighted by Gasteiger charge is -2.07. The van der Waals surface area contributed by atoms with E-state index in [2.05, 4.69) is 33.6 Å². The molecule has 4 N–H and O–H groups in total. The van der Waals surface area contributed by atoms with Gasteiger partial charge in [-0.15, -0.1) is 11.3 Å². The number of anilines is 2. The second-order valence-electron chi connectivity index (χ2n) is 4.03. The minimum atomic E-state index is -0.414. The summed E-state index contributed by atoms with van der Waals surface area (Å²) in [5.74, 6) is 0.796. The van der Waals surface area contributed by atoms with E-state index in [0.29, 0.717) is 11.8 Å². The Bertz CT molecular complexity index is 595. The lowest BCUT2D eigenvalue weighted by atomic mass is 10.3. The summed E-state index contributed by atoms with van der Waals surface area (Å²) in [4.78, 5) is 21.9. The Labute approximate surface area is 115 Å². The summed E-state index contributed by atoms with van der Waals surface area (Å²) in [7, 11) is 0. The van der Waals surface area contributed by atoms with Crippen LogP contribution in [-0.2, 0) is 11.2 Å². The molecule has 0 aliphatic heterocycles. The van der Waals surface area contributed by atoms with Crippen LogP contribution in [0.2, 0.25) is 0 Å². The van der Waals surface area contributed by atoms with Gasteiger partial charge in [-0.2, -0.15) is 4.98 Å². The largest absolute Gasteiger partial charge is 0.368 e. The number of carbonyl (C=O) groups is 1. The first-order valence-corrected chi connectivity index (χ1v) is 7.02. The second-order valence-corrected chi connectivity index (χ2v) is 5.15. The zero-order chi connectivity index (χ0) is 13.8. The molecule has 0 saturated heterocycles. The summed E-state index contributed by atoms with van der Waals surface area (Å²) < 4.78 is 0. The van der Waals surface area contributed by atoms with E-state index in [4.69, 9.17) is 5.73 Å². The predicted molar refractivity (Wildman–Crippen MR) is 78.6 cm³/mol. The molecular weight excluding hydrogens is 262 g/mol. The van der Waals surface area contributed by atoms with Crippen molar-refractivity contribution < 1.29 is 4.79 Å². The van der Waals surface area contributed by atoms with E-state index in [1.165, 1.54) is 4.88 Å². The van der Waals surface area contributed by atoms with Crippen molar-refractivity contribution in [3.63, 3.8) is 0 Å². The topological polar surface area (TPSA) is 92.9 Å². The maximum atomic E-state index is 10.9. The van der Waals surface area contributed by atoms with Gasteiger partial charge in [0, 0.05) is 11.4 Å². The number of primary amides is 1. The molecule has 0 saturated carbocycles. The first kappa shape index (κ1) is 13.5. The Balaban J connectivity index is 2.43. The standard InChI is InChI=1S/C12H17N5OS/c1-3-7-5-8-10(15-6-9(13)18)16-12(14-4-2)17-11(8)19-7/h5H,3-4,6H2,1-2H3,(H2,13,18)(H2,14,15,16,17). The highest BCUT2D eigenvalue weighted by Gasteiger charge is 2.11. The van der Waals surface area contributed by atoms with Crippen LogP contribution >= 0.6 is 11.3 Å². The number of nitrogens with two attached hydrogens (primary N) is 1. The van der Waals surface area contributed by atoms with E-state index < -0.39 is 5.91 Å². The number of fused-ring (bicyclic) bond motifs is 1. The van der Waals surface area contributed by atoms with Crippen molar-refractivity contribution in [2.75, 3.05) is 23.7 Å². The van der Waals surface area contributed by atoms with Crippen molar-refractivity contribution in [1.82, 2.24) is 9.97 Å². The number of aryl methyl sites for hydroxylation is 1. The third-order valence-corrected chi connectivity index (χ3v) is 3.73. The SMILES string of the molecule is CCNc1nc(NCC(N)=O)c2cc(CC)sc2n1. The summed E-state index contributed by atoms with van der Waals surface area (Å²) in [6.07, 6.45) is 0.951. The zero-order valence-electron chi connectivity index (χ0n) is 11.0. The van der Waals surface area contributed by atoms with Gasteiger partial charge in [-0.3, -0.25) is 4.79 Å². The van der Waals surface area contributed by atoms with Gasteiger partial charge in [-0.05, 0) is 19.4 Å². The molecule has 0 spiro atoms. The van der Waals surface area contributed by atoms with Gasteiger partial charge in [0.05, 0.1) is 11.9 Å². The van der Waals surface area contributed by atoms with Gasteiger partial charge in [0.15, 0.2) is 0 Å². The Morgan fingerprint density at radius 2 is 2.16 bits per heavy atom. The van der Waals surface area contributed by atoms with Crippen LogP contribution in [0.4, 0.5) is 11.8 Å². The van der Waals surface area contributed by atoms with Gasteiger partial charge in [0.25, 0.3) is 0 Å². The van der Waals surface area contributed by atoms with Gasteiger partial charge in [-0.1, -0.05) is 6.92 Å². The van der Waals surface area contributed by atoms with E-state index in [1.807, 2.05) is 6.92 Å². The van der Waals surface area contributed by atoms with Gasteiger partial charge >= 0.3 is 0 Å². The van der Waals surface area contributed by atoms with E-state index in [-0.39, 0.29) is 6.54 Å². The minimum absolute atomic E-state index is 0.0645. The van der Waals surface area contributed by atoms with Crippen molar-refractivity contribution in [2.24, 2.45) is 5.73 Å². The molecule has 7 heteroatoms. The summed E-state index contributed by atoms with van der Waals surface area (Å²) in [6.45, 7) is 4.89. The lowest BCUT2D eigenvalue weighted by molar-refractivity contribution is -0.116. The van der Waals surface area contributed by atoms with Crippen LogP contribution in [0.3, 0.4) is 0 Å². The number of hydrogen-bond donors (Lipinski definition) is 3. The zero-order valence-corrected chi connectivity index (χ0v) is 11.8. The molecule has 0 radical (unpaired) electrons. The fourth-order valence-corrected chi connectivity index (χ4v) is 2.66. The quantitative estimate of drug-likeness (QED) is 0.746. The Hall–Kier alpha value is -1.89. The average Bonchev–Trinajstić information content (AvgIpc) is 2.79. The molecule has 2 heterocycles. The maximum Gasteiger partial charge on any atom is 0.236 e. The third kappa shape index (κ3) is 3.11. The van der Waals surface area contributed by atoms with Crippen LogP contribution in [0.15, 0.2) is 6.07 Å². The Kier molecular flexibility index (Phi) is 4.16. The normalized spacial score (nSPS) is 10.6. The average molecular weight is 279 g/mol. The van der Waals surface area contributed by atoms with Crippen LogP contribution in [0, 0.1) is 0 Å². The number of hydrogen-bond acceptors (Lipinski definition) is 6. The lowest BCUT2D eigenvalue weighted by Crippen LogP contribution is -2.22. The van der Waals surface area contributed by atoms with Crippen LogP contribution in [-0.4, -0.2) is 29.0 Å². The molecule has 102 valence electrons. The van der Waals surface area contributed by atoms with E-state index in [1.54, 1.807) is 11.3 Å². The number of thiophene rings is 1. The highest BCUT2D eigenvalue weighted by Crippen LogP contribution is 2.30. The molecule has 2 aromatic rings. The van der Waals surface area contributed by atoms with Crippen molar-refractivity contribution in [2.45, 2.75) is 20.3 Å². The van der Waals surface area contributed by atoms with Crippen LogP contribution in [0.5, 0.6) is 0 Å². The molecule has 6 nitrogen and oxygen atoms in total. The predicted octanol–water partition coefficient (Wildman–Crippen LogP) is 1.58. The van der Waals surface area contributed by atoms with Crippen molar-refractivity contribution in [3.8, 4) is 0 Å². The number of carbonyl (C=O) groups excluding carboxylic acids is 1. The minimum Gasteiger partial charge on any atom is -0.368 e. The van der Waals surface area contributed by atoms with Crippen LogP contribution in [0.25, 0.3) is 10.2 Å². The second kappa shape index (κ2) is 5.83. The molecule has 0 aliphatic rings. The van der Waals surface area contributed by atoms with Gasteiger partial charge < -0.3 is 16.4 Å². The number of nitrogens with one attached hydrogen (secondary N) is 2. The number of nitrogens with zero attached hydrogens (tertiary/aromatic N) is 2. The summed E-state index contributed by atoms with van der Waals surface area (Å²) in [5.41, 5.74) is 5.15. The fourth-order valence-electron chi connectivity index (χ4n) is 1.69. The number of aromatic nitrogens is 2. The van der Waals surface area contributed by atoms with E-state index in [9.17, 15) is 4.79 Å². The van der Waals surface area contributed by atoms with E-state index in [0.717, 1.165) is 23.2 Å². The molecule has 19 heavy (non-hydrogen) atoms. The summed E-state index contributed by atoms with van der Waals surface area (Å²) in [5, 5.41) is 6.98. The van der Waals surface area contributed by atoms with Crippen LogP contribution < -0.4 is 16.4 Å². The van der Waals surface area contributed by atoms with E-state index >= 15 is 0 Å². The molecular formula is C12H17N5OS. The Morgan fingerprint density at radius 3 is 2.79 bits per heavy atom. The monoisotopic (exact) mass is 279 g/mol. The first-order chi connectivity index (χ1) is 9.13. The van der Waals surface area contributed by atoms with Crippen molar-refractivity contribution >= 4 is 39.2 Å². The maximum absolute atomic E-state index is 10.9. The van der Waals surface area contributed by atoms with Gasteiger partial charge in [-0.25, -0.2) is 4.98 Å². The van der Waals surface area contributed by atoms with Crippen molar-refractivity contribution in [1.29, 1.82) is 0 Å². The number of rotatable bonds is 6. The fraction of sp³-hybridized carbons (Fsp3) is 0.417. The highest BCUT2D eigenvalue weighted by atomic mass is 32.1. The number of amides is 1. The molecule has 1 amide bonds. The molecule has 0 aliphatic carbocycles. The molecule has 0 aromatic carbocycles. The molecule has 0 fully saturated rings. The summed E-state index contributed by atoms with van der Waals surface area (Å²) >= 11 is 1.64. The molecule has 2 aromatic heterocycles. The van der Waals surface area contributed by atoms with Gasteiger partial charge in [0.1, 0.15) is 10.6 Å². The summed E-state index contributed by atoms with van der Waals surface area (Å²) in [6, 6.07) is 2.05. The molecule has 0 bridgehead atoms. The van der Waals surface area contributed by atoms with Crippen LogP contribution in [0.1, 0.15) is 18.7 Å². The molecule has 2 rings (SSSR count). The van der Waals surface area contributed by atoms with Gasteiger partial charge in [0.2, 0.25) is 11.9 Å². The van der Waals surface area contributed by atoms with Crippen molar-refractivity contribution in [3.05, 3.63) is 10.9 Å². The Morgan fingerprint density at radius 1 is 1.37 bits per heavy atom. The first-order valence-electron chi connectivity index (χ1n) is 6.20. The smallest absolute Gasteiger partial charge is 0.236 e. The molecule has 0 unspecified atom stereocenters. The molecule has 0 atom stereocenters. The third-order valence-electron chi connectivity index (χ3n) is 2.56.